The van der Waals surface area contributed by atoms with Crippen molar-refractivity contribution in [3.8, 4) is 0 Å². The van der Waals surface area contributed by atoms with E-state index in [0.29, 0.717) is 0 Å². The highest BCUT2D eigenvalue weighted by Crippen LogP contribution is 2.37. The molecule has 0 amide bonds. The molecule has 2 rings (SSSR count). The molecule has 0 heterocycles. The van der Waals surface area contributed by atoms with Crippen LogP contribution >= 0.6 is 11.6 Å². The Labute approximate surface area is 126 Å². The highest BCUT2D eigenvalue weighted by molar-refractivity contribution is 7.92. The Bertz CT molecular complexity index is 661. The van der Waals surface area contributed by atoms with E-state index in [9.17, 15) is 17.6 Å². The lowest BCUT2D eigenvalue weighted by Gasteiger charge is -2.13. The lowest BCUT2D eigenvalue weighted by molar-refractivity contribution is -0.145. The summed E-state index contributed by atoms with van der Waals surface area (Å²) in [6, 6.07) is 3.03. The topological polar surface area (TPSA) is 80.7 Å². The van der Waals surface area contributed by atoms with E-state index < -0.39 is 38.9 Å². The first kappa shape index (κ1) is 16.2. The summed E-state index contributed by atoms with van der Waals surface area (Å²) >= 11 is 5.79. The van der Waals surface area contributed by atoms with Crippen molar-refractivity contribution < 1.29 is 27.4 Å². The Morgan fingerprint density at radius 3 is 2.57 bits per heavy atom. The van der Waals surface area contributed by atoms with Gasteiger partial charge in [-0.3, -0.25) is 4.79 Å². The average Bonchev–Trinajstić information content (AvgIpc) is 2.83. The van der Waals surface area contributed by atoms with Gasteiger partial charge in [0.05, 0.1) is 27.2 Å². The first-order valence-electron chi connectivity index (χ1n) is 6.22. The summed E-state index contributed by atoms with van der Waals surface area (Å²) in [5, 5.41) is 7.99. The average molecular weight is 337 g/mol. The van der Waals surface area contributed by atoms with Gasteiger partial charge in [-0.15, -0.1) is 0 Å². The van der Waals surface area contributed by atoms with Crippen LogP contribution in [0.15, 0.2) is 23.1 Å². The van der Waals surface area contributed by atoms with Crippen LogP contribution in [0.3, 0.4) is 0 Å². The zero-order valence-corrected chi connectivity index (χ0v) is 12.7. The first-order valence-corrected chi connectivity index (χ1v) is 8.14. The van der Waals surface area contributed by atoms with Gasteiger partial charge in [-0.05, 0) is 31.0 Å². The zero-order chi connectivity index (χ0) is 15.8. The summed E-state index contributed by atoms with van der Waals surface area (Å²) in [7, 11) is -2.49. The maximum Gasteiger partial charge on any atom is 0.309 e. The largest absolute Gasteiger partial charge is 0.481 e. The van der Waals surface area contributed by atoms with Crippen LogP contribution in [0.4, 0.5) is 4.39 Å². The van der Waals surface area contributed by atoms with E-state index in [1.165, 1.54) is 7.11 Å². The predicted octanol–water partition coefficient (Wildman–Crippen LogP) is 2.13. The van der Waals surface area contributed by atoms with Crippen LogP contribution < -0.4 is 0 Å². The van der Waals surface area contributed by atoms with E-state index in [0.717, 1.165) is 18.2 Å². The summed E-state index contributed by atoms with van der Waals surface area (Å²) in [4.78, 5) is 11.0. The fraction of sp³-hybridized carbons (Fsp3) is 0.462. The number of aliphatic carboxylic acids is 1. The number of carbonyl (C=O) groups is 1. The zero-order valence-electron chi connectivity index (χ0n) is 11.1. The molecule has 0 spiro atoms. The van der Waals surface area contributed by atoms with Gasteiger partial charge in [-0.25, -0.2) is 12.8 Å². The lowest BCUT2D eigenvalue weighted by Crippen LogP contribution is -2.24. The fourth-order valence-corrected chi connectivity index (χ4v) is 4.95. The maximum absolute atomic E-state index is 13.0. The van der Waals surface area contributed by atoms with E-state index in [1.807, 2.05) is 0 Å². The Hall–Kier alpha value is -1.18. The van der Waals surface area contributed by atoms with Crippen molar-refractivity contribution >= 4 is 27.4 Å². The number of halogens is 2. The van der Waals surface area contributed by atoms with Gasteiger partial charge in [0.15, 0.2) is 9.84 Å². The molecule has 116 valence electrons. The summed E-state index contributed by atoms with van der Waals surface area (Å²) in [6.45, 7) is 0. The molecule has 1 aliphatic carbocycles. The van der Waals surface area contributed by atoms with Crippen LogP contribution in [0.1, 0.15) is 12.8 Å². The Balaban J connectivity index is 2.35. The molecule has 1 saturated carbocycles. The SMILES string of the molecule is CO[C@H]1C[C@@H](S(=O)(=O)c2ccc(F)cc2Cl)C[C@@H]1C(=O)O. The van der Waals surface area contributed by atoms with E-state index in [-0.39, 0.29) is 22.8 Å². The summed E-state index contributed by atoms with van der Waals surface area (Å²) < 4.78 is 43.2. The molecule has 1 fully saturated rings. The molecule has 5 nitrogen and oxygen atoms in total. The molecular weight excluding hydrogens is 323 g/mol. The van der Waals surface area contributed by atoms with Crippen molar-refractivity contribution in [2.45, 2.75) is 29.1 Å². The van der Waals surface area contributed by atoms with Crippen LogP contribution in [0.25, 0.3) is 0 Å². The number of methoxy groups -OCH3 is 1. The van der Waals surface area contributed by atoms with Crippen molar-refractivity contribution in [1.82, 2.24) is 0 Å². The molecule has 0 saturated heterocycles. The molecule has 1 aliphatic rings. The van der Waals surface area contributed by atoms with Crippen LogP contribution in [-0.2, 0) is 19.4 Å². The molecule has 0 aromatic heterocycles. The Morgan fingerprint density at radius 2 is 2.10 bits per heavy atom. The van der Waals surface area contributed by atoms with E-state index >= 15 is 0 Å². The quantitative estimate of drug-likeness (QED) is 0.852. The summed E-state index contributed by atoms with van der Waals surface area (Å²) in [5.74, 6) is -2.61. The molecule has 8 heteroatoms. The highest BCUT2D eigenvalue weighted by atomic mass is 35.5. The minimum Gasteiger partial charge on any atom is -0.481 e. The second kappa shape index (κ2) is 5.90. The van der Waals surface area contributed by atoms with Crippen LogP contribution in [0, 0.1) is 11.7 Å². The van der Waals surface area contributed by atoms with Crippen molar-refractivity contribution in [2.75, 3.05) is 7.11 Å². The van der Waals surface area contributed by atoms with Crippen molar-refractivity contribution in [1.29, 1.82) is 0 Å². The third-order valence-corrected chi connectivity index (χ3v) is 6.38. The summed E-state index contributed by atoms with van der Waals surface area (Å²) in [5.41, 5.74) is 0. The van der Waals surface area contributed by atoms with E-state index in [2.05, 4.69) is 0 Å². The normalized spacial score (nSPS) is 26.0. The number of hydrogen-bond acceptors (Lipinski definition) is 4. The van der Waals surface area contributed by atoms with E-state index in [4.69, 9.17) is 21.4 Å². The van der Waals surface area contributed by atoms with Gasteiger partial charge in [-0.2, -0.15) is 0 Å². The van der Waals surface area contributed by atoms with Gasteiger partial charge in [0.2, 0.25) is 0 Å². The third-order valence-electron chi connectivity index (χ3n) is 3.72. The number of ether oxygens (including phenoxy) is 1. The number of benzene rings is 1. The van der Waals surface area contributed by atoms with Gasteiger partial charge in [0.25, 0.3) is 0 Å². The van der Waals surface area contributed by atoms with Crippen molar-refractivity contribution in [3.63, 3.8) is 0 Å². The van der Waals surface area contributed by atoms with E-state index in [1.54, 1.807) is 0 Å². The minimum atomic E-state index is -3.84. The number of carboxylic acid groups (broad SMARTS) is 1. The smallest absolute Gasteiger partial charge is 0.309 e. The van der Waals surface area contributed by atoms with Gasteiger partial charge in [-0.1, -0.05) is 11.6 Å². The molecule has 3 atom stereocenters. The maximum atomic E-state index is 13.0. The number of rotatable bonds is 4. The number of hydrogen-bond donors (Lipinski definition) is 1. The lowest BCUT2D eigenvalue weighted by atomic mass is 10.1. The van der Waals surface area contributed by atoms with Crippen molar-refractivity contribution in [2.24, 2.45) is 5.92 Å². The molecule has 0 aliphatic heterocycles. The summed E-state index contributed by atoms with van der Waals surface area (Å²) in [6.07, 6.45) is -0.644. The Kier molecular flexibility index (Phi) is 4.55. The number of sulfone groups is 1. The Morgan fingerprint density at radius 1 is 1.43 bits per heavy atom. The monoisotopic (exact) mass is 336 g/mol. The highest BCUT2D eigenvalue weighted by Gasteiger charge is 2.45. The molecule has 1 aromatic rings. The third kappa shape index (κ3) is 3.04. The van der Waals surface area contributed by atoms with Gasteiger partial charge in [0.1, 0.15) is 5.82 Å². The molecule has 21 heavy (non-hydrogen) atoms. The predicted molar refractivity (Wildman–Crippen MR) is 73.5 cm³/mol. The van der Waals surface area contributed by atoms with Crippen LogP contribution in [0.2, 0.25) is 5.02 Å². The molecule has 0 radical (unpaired) electrons. The van der Waals surface area contributed by atoms with Crippen LogP contribution in [-0.4, -0.2) is 38.0 Å². The molecule has 1 aromatic carbocycles. The molecule has 0 unspecified atom stereocenters. The minimum absolute atomic E-state index is 0.0517. The molecule has 0 bridgehead atoms. The second-order valence-electron chi connectivity index (χ2n) is 4.93. The standard InChI is InChI=1S/C13H14ClFO5S/c1-20-11-6-8(5-9(11)13(16)17)21(18,19)12-3-2-7(15)4-10(12)14/h2-4,8-9,11H,5-6H2,1H3,(H,16,17)/t8-,9-,11-/m0/s1. The molecular formula is C13H14ClFO5S. The van der Waals surface area contributed by atoms with Gasteiger partial charge >= 0.3 is 5.97 Å². The fourth-order valence-electron chi connectivity index (χ4n) is 2.61. The van der Waals surface area contributed by atoms with Crippen molar-refractivity contribution in [3.05, 3.63) is 29.0 Å². The second-order valence-corrected chi connectivity index (χ2v) is 7.54. The van der Waals surface area contributed by atoms with Crippen LogP contribution in [0.5, 0.6) is 0 Å². The van der Waals surface area contributed by atoms with Gasteiger partial charge in [0, 0.05) is 7.11 Å². The van der Waals surface area contributed by atoms with Gasteiger partial charge < -0.3 is 9.84 Å². The molecule has 1 N–H and O–H groups in total. The number of carboxylic acids is 1. The first-order chi connectivity index (χ1) is 9.77.